The molecule has 1 aliphatic rings. The van der Waals surface area contributed by atoms with Gasteiger partial charge in [-0.05, 0) is 37.1 Å². The number of alkyl halides is 3. The molecule has 1 N–H and O–H groups in total. The Morgan fingerprint density at radius 2 is 1.93 bits per heavy atom. The second-order valence-electron chi connectivity index (χ2n) is 6.45. The lowest BCUT2D eigenvalue weighted by atomic mass is 10.0. The fraction of sp³-hybridized carbons (Fsp3) is 0.368. The van der Waals surface area contributed by atoms with E-state index in [9.17, 15) is 18.0 Å². The Morgan fingerprint density at radius 3 is 2.54 bits per heavy atom. The molecule has 1 saturated heterocycles. The molecule has 9 heteroatoms. The molecule has 150 valence electrons. The summed E-state index contributed by atoms with van der Waals surface area (Å²) in [6.45, 7) is 1.25. The molecule has 0 bridgehead atoms. The van der Waals surface area contributed by atoms with Crippen molar-refractivity contribution in [2.75, 3.05) is 23.7 Å². The van der Waals surface area contributed by atoms with Crippen molar-refractivity contribution >= 4 is 35.1 Å². The summed E-state index contributed by atoms with van der Waals surface area (Å²) in [5.74, 6) is 0.743. The molecule has 0 atom stereocenters. The van der Waals surface area contributed by atoms with Gasteiger partial charge in [-0.15, -0.1) is 11.8 Å². The van der Waals surface area contributed by atoms with Crippen molar-refractivity contribution in [1.29, 1.82) is 0 Å². The van der Waals surface area contributed by atoms with Gasteiger partial charge < -0.3 is 10.2 Å². The number of carbonyl (C=O) groups excluding carboxylic acids is 1. The zero-order chi connectivity index (χ0) is 20.1. The summed E-state index contributed by atoms with van der Waals surface area (Å²) < 4.78 is 37.9. The second kappa shape index (κ2) is 9.05. The number of piperidine rings is 1. The number of amides is 1. The van der Waals surface area contributed by atoms with E-state index in [0.717, 1.165) is 17.2 Å². The summed E-state index contributed by atoms with van der Waals surface area (Å²) >= 11 is 7.47. The summed E-state index contributed by atoms with van der Waals surface area (Å²) in [6, 6.07) is 9.85. The summed E-state index contributed by atoms with van der Waals surface area (Å²) in [5, 5.41) is 3.63. The quantitative estimate of drug-likeness (QED) is 0.704. The molecule has 3 rings (SSSR count). The van der Waals surface area contributed by atoms with E-state index in [1.54, 1.807) is 6.07 Å². The Balaban J connectivity index is 1.45. The zero-order valence-corrected chi connectivity index (χ0v) is 16.4. The van der Waals surface area contributed by atoms with Gasteiger partial charge in [0.05, 0.1) is 16.3 Å². The van der Waals surface area contributed by atoms with Gasteiger partial charge in [0.25, 0.3) is 0 Å². The van der Waals surface area contributed by atoms with Crippen LogP contribution in [0.25, 0.3) is 0 Å². The van der Waals surface area contributed by atoms with Crippen molar-refractivity contribution in [2.45, 2.75) is 30.0 Å². The number of carbonyl (C=O) groups is 1. The first-order chi connectivity index (χ1) is 13.3. The van der Waals surface area contributed by atoms with Gasteiger partial charge >= 0.3 is 6.18 Å². The fourth-order valence-electron chi connectivity index (χ4n) is 2.97. The molecule has 1 amide bonds. The third-order valence-electron chi connectivity index (χ3n) is 4.45. The highest BCUT2D eigenvalue weighted by molar-refractivity contribution is 8.00. The predicted octanol–water partition coefficient (Wildman–Crippen LogP) is 4.63. The van der Waals surface area contributed by atoms with Crippen LogP contribution in [0.4, 0.5) is 19.0 Å². The number of nitrogens with one attached hydrogen (secondary N) is 1. The van der Waals surface area contributed by atoms with Crippen LogP contribution in [0.5, 0.6) is 0 Å². The summed E-state index contributed by atoms with van der Waals surface area (Å²) in [6.07, 6.45) is -2.10. The maximum atomic E-state index is 12.6. The van der Waals surface area contributed by atoms with Crippen molar-refractivity contribution < 1.29 is 18.0 Å². The van der Waals surface area contributed by atoms with E-state index in [1.165, 1.54) is 17.8 Å². The van der Waals surface area contributed by atoms with E-state index >= 15 is 0 Å². The minimum atomic E-state index is -4.38. The number of pyridine rings is 1. The monoisotopic (exact) mass is 429 g/mol. The molecule has 0 saturated carbocycles. The molecule has 0 spiro atoms. The van der Waals surface area contributed by atoms with Crippen LogP contribution in [0.3, 0.4) is 0 Å². The minimum Gasteiger partial charge on any atom is -0.356 e. The Morgan fingerprint density at radius 1 is 1.21 bits per heavy atom. The molecule has 1 fully saturated rings. The normalized spacial score (nSPS) is 15.5. The smallest absolute Gasteiger partial charge is 0.356 e. The van der Waals surface area contributed by atoms with Crippen LogP contribution in [0, 0.1) is 0 Å². The van der Waals surface area contributed by atoms with Crippen molar-refractivity contribution in [3.63, 3.8) is 0 Å². The molecule has 0 radical (unpaired) electrons. The number of aromatic nitrogens is 1. The highest BCUT2D eigenvalue weighted by Gasteiger charge is 2.31. The first-order valence-electron chi connectivity index (χ1n) is 8.78. The molecular formula is C19H19ClF3N3OS. The highest BCUT2D eigenvalue weighted by atomic mass is 35.5. The molecular weight excluding hydrogens is 411 g/mol. The summed E-state index contributed by atoms with van der Waals surface area (Å²) in [7, 11) is 0. The van der Waals surface area contributed by atoms with Crippen molar-refractivity contribution in [3.8, 4) is 0 Å². The van der Waals surface area contributed by atoms with Crippen molar-refractivity contribution in [3.05, 3.63) is 53.2 Å². The second-order valence-corrected chi connectivity index (χ2v) is 7.88. The third kappa shape index (κ3) is 5.54. The largest absolute Gasteiger partial charge is 0.417 e. The van der Waals surface area contributed by atoms with Crippen LogP contribution in [0.2, 0.25) is 5.02 Å². The summed E-state index contributed by atoms with van der Waals surface area (Å²) in [4.78, 5) is 18.9. The number of hydrogen-bond donors (Lipinski definition) is 1. The molecule has 4 nitrogen and oxygen atoms in total. The first-order valence-corrected chi connectivity index (χ1v) is 10.1. The molecule has 2 aromatic rings. The van der Waals surface area contributed by atoms with E-state index in [4.69, 9.17) is 11.6 Å². The number of nitrogens with zero attached hydrogens (tertiary/aromatic N) is 2. The van der Waals surface area contributed by atoms with Gasteiger partial charge in [-0.25, -0.2) is 4.98 Å². The fourth-order valence-corrected chi connectivity index (χ4v) is 4.02. The number of rotatable bonds is 5. The average molecular weight is 430 g/mol. The van der Waals surface area contributed by atoms with Crippen molar-refractivity contribution in [1.82, 2.24) is 10.3 Å². The SMILES string of the molecule is O=C(CSc1ccccc1Cl)NC1CCN(c2ccc(C(F)(F)F)cn2)CC1. The Kier molecular flexibility index (Phi) is 6.72. The average Bonchev–Trinajstić information content (AvgIpc) is 2.67. The van der Waals surface area contributed by atoms with Gasteiger partial charge in [-0.1, -0.05) is 23.7 Å². The number of hydrogen-bond acceptors (Lipinski definition) is 4. The summed E-state index contributed by atoms with van der Waals surface area (Å²) in [5.41, 5.74) is -0.755. The van der Waals surface area contributed by atoms with Gasteiger partial charge in [0.2, 0.25) is 5.91 Å². The lowest BCUT2D eigenvalue weighted by Crippen LogP contribution is -2.45. The van der Waals surface area contributed by atoms with Crippen molar-refractivity contribution in [2.24, 2.45) is 0 Å². The predicted molar refractivity (Wildman–Crippen MR) is 105 cm³/mol. The number of benzene rings is 1. The molecule has 0 aliphatic carbocycles. The van der Waals surface area contributed by atoms with E-state index in [2.05, 4.69) is 10.3 Å². The zero-order valence-electron chi connectivity index (χ0n) is 14.9. The van der Waals surface area contributed by atoms with E-state index in [-0.39, 0.29) is 17.7 Å². The van der Waals surface area contributed by atoms with E-state index < -0.39 is 11.7 Å². The van der Waals surface area contributed by atoms with Gasteiger partial charge in [0.15, 0.2) is 0 Å². The van der Waals surface area contributed by atoms with Crippen LogP contribution < -0.4 is 10.2 Å². The molecule has 0 unspecified atom stereocenters. The van der Waals surface area contributed by atoms with Gasteiger partial charge in [0.1, 0.15) is 5.82 Å². The topological polar surface area (TPSA) is 45.2 Å². The number of anilines is 1. The Bertz CT molecular complexity index is 809. The van der Waals surface area contributed by atoms with Gasteiger partial charge in [-0.2, -0.15) is 13.2 Å². The highest BCUT2D eigenvalue weighted by Crippen LogP contribution is 2.30. The number of thioether (sulfide) groups is 1. The lowest BCUT2D eigenvalue weighted by molar-refractivity contribution is -0.137. The van der Waals surface area contributed by atoms with Crippen LogP contribution in [-0.4, -0.2) is 35.8 Å². The standard InChI is InChI=1S/C19H19ClF3N3OS/c20-15-3-1-2-4-16(15)28-12-18(27)25-14-7-9-26(10-8-14)17-6-5-13(11-24-17)19(21,22)23/h1-6,11,14H,7-10,12H2,(H,25,27). The minimum absolute atomic E-state index is 0.0463. The maximum absolute atomic E-state index is 12.6. The Hall–Kier alpha value is -1.93. The molecule has 1 aliphatic heterocycles. The molecule has 2 heterocycles. The molecule has 28 heavy (non-hydrogen) atoms. The first kappa shape index (κ1) is 20.8. The molecule has 1 aromatic heterocycles. The molecule has 1 aromatic carbocycles. The van der Waals surface area contributed by atoms with Crippen LogP contribution in [0.1, 0.15) is 18.4 Å². The maximum Gasteiger partial charge on any atom is 0.417 e. The number of halogens is 4. The van der Waals surface area contributed by atoms with Crippen LogP contribution in [-0.2, 0) is 11.0 Å². The third-order valence-corrected chi connectivity index (χ3v) is 5.97. The van der Waals surface area contributed by atoms with Crippen LogP contribution in [0.15, 0.2) is 47.5 Å². The Labute approximate surface area is 170 Å². The van der Waals surface area contributed by atoms with Crippen LogP contribution >= 0.6 is 23.4 Å². The van der Waals surface area contributed by atoms with E-state index in [0.29, 0.717) is 36.8 Å². The lowest BCUT2D eigenvalue weighted by Gasteiger charge is -2.33. The van der Waals surface area contributed by atoms with Gasteiger partial charge in [0, 0.05) is 30.2 Å². The van der Waals surface area contributed by atoms with E-state index in [1.807, 2.05) is 23.1 Å². The van der Waals surface area contributed by atoms with Gasteiger partial charge in [-0.3, -0.25) is 4.79 Å².